The van der Waals surface area contributed by atoms with Crippen LogP contribution in [0.3, 0.4) is 0 Å². The quantitative estimate of drug-likeness (QED) is 0.842. The highest BCUT2D eigenvalue weighted by Crippen LogP contribution is 2.28. The van der Waals surface area contributed by atoms with Gasteiger partial charge in [-0.15, -0.1) is 21.5 Å². The fourth-order valence-electron chi connectivity index (χ4n) is 3.53. The predicted octanol–water partition coefficient (Wildman–Crippen LogP) is 1.80. The zero-order chi connectivity index (χ0) is 15.8. The Bertz CT molecular complexity index is 695. The van der Waals surface area contributed by atoms with Crippen LogP contribution in [0.1, 0.15) is 40.1 Å². The van der Waals surface area contributed by atoms with Crippen molar-refractivity contribution >= 4 is 17.2 Å². The molecule has 7 heteroatoms. The van der Waals surface area contributed by atoms with Crippen LogP contribution in [0.2, 0.25) is 0 Å². The lowest BCUT2D eigenvalue weighted by atomic mass is 9.96. The Kier molecular flexibility index (Phi) is 3.90. The van der Waals surface area contributed by atoms with Gasteiger partial charge in [0.25, 0.3) is 5.91 Å². The number of rotatable bonds is 2. The van der Waals surface area contributed by atoms with Gasteiger partial charge in [-0.05, 0) is 31.3 Å². The van der Waals surface area contributed by atoms with Crippen molar-refractivity contribution in [1.82, 2.24) is 24.6 Å². The second-order valence-electron chi connectivity index (χ2n) is 6.43. The van der Waals surface area contributed by atoms with Crippen LogP contribution in [-0.4, -0.2) is 57.2 Å². The molecule has 122 valence electrons. The summed E-state index contributed by atoms with van der Waals surface area (Å²) < 4.78 is 2.27. The van der Waals surface area contributed by atoms with Crippen LogP contribution in [0.15, 0.2) is 17.5 Å². The Labute approximate surface area is 139 Å². The predicted molar refractivity (Wildman–Crippen MR) is 88.6 cm³/mol. The van der Waals surface area contributed by atoms with Crippen molar-refractivity contribution in [2.45, 2.75) is 31.8 Å². The van der Waals surface area contributed by atoms with Crippen molar-refractivity contribution in [2.24, 2.45) is 0 Å². The van der Waals surface area contributed by atoms with Crippen molar-refractivity contribution in [3.05, 3.63) is 34.0 Å². The molecule has 0 aromatic carbocycles. The largest absolute Gasteiger partial charge is 0.337 e. The normalized spacial score (nSPS) is 22.1. The number of amides is 1. The standard InChI is InChI=1S/C16H21N5OS/c1-19-7-8-21-14(11-19)17-18-15(21)12-4-2-6-20(10-12)16(22)13-5-3-9-23-13/h3,5,9,12H,2,4,6-8,10-11H2,1H3. The number of carbonyl (C=O) groups is 1. The summed E-state index contributed by atoms with van der Waals surface area (Å²) in [5.41, 5.74) is 0. The first-order valence-electron chi connectivity index (χ1n) is 8.15. The van der Waals surface area contributed by atoms with Crippen LogP contribution in [0.4, 0.5) is 0 Å². The highest BCUT2D eigenvalue weighted by atomic mass is 32.1. The maximum Gasteiger partial charge on any atom is 0.263 e. The molecule has 6 nitrogen and oxygen atoms in total. The van der Waals surface area contributed by atoms with Crippen molar-refractivity contribution in [1.29, 1.82) is 0 Å². The minimum atomic E-state index is 0.155. The molecule has 4 heterocycles. The molecule has 4 rings (SSSR count). The summed E-state index contributed by atoms with van der Waals surface area (Å²) in [6.45, 7) is 4.44. The van der Waals surface area contributed by atoms with Crippen molar-refractivity contribution in [3.8, 4) is 0 Å². The summed E-state index contributed by atoms with van der Waals surface area (Å²) in [6.07, 6.45) is 2.12. The van der Waals surface area contributed by atoms with Crippen molar-refractivity contribution in [3.63, 3.8) is 0 Å². The second-order valence-corrected chi connectivity index (χ2v) is 7.38. The molecule has 2 aliphatic rings. The lowest BCUT2D eigenvalue weighted by Gasteiger charge is -2.33. The molecule has 1 saturated heterocycles. The lowest BCUT2D eigenvalue weighted by Crippen LogP contribution is -2.40. The maximum absolute atomic E-state index is 12.6. The van der Waals surface area contributed by atoms with Gasteiger partial charge >= 0.3 is 0 Å². The van der Waals surface area contributed by atoms with Gasteiger partial charge in [-0.3, -0.25) is 9.69 Å². The summed E-state index contributed by atoms with van der Waals surface area (Å²) in [7, 11) is 2.11. The van der Waals surface area contributed by atoms with Gasteiger partial charge in [0.1, 0.15) is 11.6 Å². The molecule has 0 N–H and O–H groups in total. The number of fused-ring (bicyclic) bond motifs is 1. The summed E-state index contributed by atoms with van der Waals surface area (Å²) in [6, 6.07) is 3.84. The van der Waals surface area contributed by atoms with E-state index in [0.29, 0.717) is 5.92 Å². The molecule has 0 saturated carbocycles. The molecular weight excluding hydrogens is 310 g/mol. The molecule has 1 amide bonds. The highest BCUT2D eigenvalue weighted by molar-refractivity contribution is 7.12. The van der Waals surface area contributed by atoms with Gasteiger partial charge in [0.15, 0.2) is 0 Å². The van der Waals surface area contributed by atoms with Crippen LogP contribution in [0, 0.1) is 0 Å². The van der Waals surface area contributed by atoms with E-state index in [-0.39, 0.29) is 5.91 Å². The number of likely N-dealkylation sites (N-methyl/N-ethyl adjacent to an activating group) is 1. The first kappa shape index (κ1) is 14.8. The van der Waals surface area contributed by atoms with Crippen LogP contribution in [0.25, 0.3) is 0 Å². The Morgan fingerprint density at radius 2 is 2.22 bits per heavy atom. The van der Waals surface area contributed by atoms with E-state index in [2.05, 4.69) is 26.7 Å². The number of likely N-dealkylation sites (tertiary alicyclic amines) is 1. The second kappa shape index (κ2) is 6.05. The van der Waals surface area contributed by atoms with E-state index in [0.717, 1.165) is 62.1 Å². The van der Waals surface area contributed by atoms with E-state index >= 15 is 0 Å². The molecule has 2 aromatic heterocycles. The van der Waals surface area contributed by atoms with Gasteiger partial charge in [0.05, 0.1) is 11.4 Å². The summed E-state index contributed by atoms with van der Waals surface area (Å²) in [4.78, 5) is 17.7. The minimum Gasteiger partial charge on any atom is -0.337 e. The van der Waals surface area contributed by atoms with E-state index in [4.69, 9.17) is 0 Å². The van der Waals surface area contributed by atoms with Crippen LogP contribution in [0.5, 0.6) is 0 Å². The molecule has 0 bridgehead atoms. The number of aromatic nitrogens is 3. The smallest absolute Gasteiger partial charge is 0.263 e. The van der Waals surface area contributed by atoms with E-state index < -0.39 is 0 Å². The van der Waals surface area contributed by atoms with Crippen LogP contribution < -0.4 is 0 Å². The summed E-state index contributed by atoms with van der Waals surface area (Å²) >= 11 is 1.52. The molecule has 0 spiro atoms. The van der Waals surface area contributed by atoms with Gasteiger partial charge in [0, 0.05) is 32.1 Å². The molecule has 2 aromatic rings. The number of carbonyl (C=O) groups excluding carboxylic acids is 1. The third kappa shape index (κ3) is 2.79. The SMILES string of the molecule is CN1CCn2c(nnc2C2CCCN(C(=O)c3cccs3)C2)C1. The first-order chi connectivity index (χ1) is 11.2. The zero-order valence-electron chi connectivity index (χ0n) is 13.3. The first-order valence-corrected chi connectivity index (χ1v) is 9.03. The molecule has 0 aliphatic carbocycles. The molecular formula is C16H21N5OS. The van der Waals surface area contributed by atoms with E-state index in [1.54, 1.807) is 0 Å². The monoisotopic (exact) mass is 331 g/mol. The van der Waals surface area contributed by atoms with Gasteiger partial charge in [-0.2, -0.15) is 0 Å². The zero-order valence-corrected chi connectivity index (χ0v) is 14.1. The van der Waals surface area contributed by atoms with E-state index in [1.807, 2.05) is 22.4 Å². The maximum atomic E-state index is 12.6. The molecule has 1 unspecified atom stereocenters. The van der Waals surface area contributed by atoms with Gasteiger partial charge < -0.3 is 9.47 Å². The number of hydrogen-bond donors (Lipinski definition) is 0. The molecule has 0 radical (unpaired) electrons. The lowest BCUT2D eigenvalue weighted by molar-refractivity contribution is 0.0707. The summed E-state index contributed by atoms with van der Waals surface area (Å²) in [5, 5.41) is 10.8. The van der Waals surface area contributed by atoms with E-state index in [9.17, 15) is 4.79 Å². The molecule has 1 fully saturated rings. The fraction of sp³-hybridized carbons (Fsp3) is 0.562. The topological polar surface area (TPSA) is 54.3 Å². The molecule has 23 heavy (non-hydrogen) atoms. The van der Waals surface area contributed by atoms with E-state index in [1.165, 1.54) is 11.3 Å². The van der Waals surface area contributed by atoms with Crippen LogP contribution in [-0.2, 0) is 13.1 Å². The third-order valence-corrected chi connectivity index (χ3v) is 5.64. The Morgan fingerprint density at radius 1 is 1.30 bits per heavy atom. The number of piperidine rings is 1. The van der Waals surface area contributed by atoms with Gasteiger partial charge in [-0.1, -0.05) is 6.07 Å². The highest BCUT2D eigenvalue weighted by Gasteiger charge is 2.30. The average Bonchev–Trinajstić information content (AvgIpc) is 3.23. The van der Waals surface area contributed by atoms with Gasteiger partial charge in [0.2, 0.25) is 0 Å². The van der Waals surface area contributed by atoms with Crippen LogP contribution >= 0.6 is 11.3 Å². The minimum absolute atomic E-state index is 0.155. The third-order valence-electron chi connectivity index (χ3n) is 4.78. The Morgan fingerprint density at radius 3 is 3.04 bits per heavy atom. The summed E-state index contributed by atoms with van der Waals surface area (Å²) in [5.74, 6) is 2.58. The number of hydrogen-bond acceptors (Lipinski definition) is 5. The van der Waals surface area contributed by atoms with Gasteiger partial charge in [-0.25, -0.2) is 0 Å². The molecule has 1 atom stereocenters. The number of thiophene rings is 1. The number of nitrogens with zero attached hydrogens (tertiary/aromatic N) is 5. The Balaban J connectivity index is 1.53. The molecule has 2 aliphatic heterocycles. The Hall–Kier alpha value is -1.73. The van der Waals surface area contributed by atoms with Crippen molar-refractivity contribution in [2.75, 3.05) is 26.7 Å². The average molecular weight is 331 g/mol. The fourth-order valence-corrected chi connectivity index (χ4v) is 4.22. The van der Waals surface area contributed by atoms with Crippen molar-refractivity contribution < 1.29 is 4.79 Å².